The molecule has 1 atom stereocenters. The molecule has 2 amide bonds. The number of anilines is 1. The van der Waals surface area contributed by atoms with E-state index in [0.717, 1.165) is 5.56 Å². The number of rotatable bonds is 8. The van der Waals surface area contributed by atoms with Crippen molar-refractivity contribution >= 4 is 40.9 Å². The Bertz CT molecular complexity index is 1090. The standard InChI is InChI=1S/C22H24ClN5O2S/c1-4-28-20(15(3)24-21(30)16-9-7-8-14(2)12-16)26-27-22(28)31-13-19(29)25-18-11-6-5-10-17(18)23/h5-12,15H,4,13H2,1-3H3,(H,24,30)(H,25,29)/t15-/m0/s1. The second-order valence-electron chi connectivity index (χ2n) is 6.97. The first-order chi connectivity index (χ1) is 14.9. The molecule has 1 aromatic heterocycles. The first kappa shape index (κ1) is 22.8. The van der Waals surface area contributed by atoms with Crippen LogP contribution in [0.3, 0.4) is 0 Å². The lowest BCUT2D eigenvalue weighted by Gasteiger charge is -2.15. The van der Waals surface area contributed by atoms with Gasteiger partial charge in [0.2, 0.25) is 5.91 Å². The predicted octanol–water partition coefficient (Wildman–Crippen LogP) is 4.48. The molecule has 31 heavy (non-hydrogen) atoms. The number of thioether (sulfide) groups is 1. The molecular formula is C22H24ClN5O2S. The number of nitrogens with zero attached hydrogens (tertiary/aromatic N) is 3. The molecule has 0 aliphatic heterocycles. The molecule has 9 heteroatoms. The Balaban J connectivity index is 1.63. The average Bonchev–Trinajstić information content (AvgIpc) is 3.17. The molecule has 0 aliphatic carbocycles. The van der Waals surface area contributed by atoms with E-state index >= 15 is 0 Å². The number of hydrogen-bond acceptors (Lipinski definition) is 5. The summed E-state index contributed by atoms with van der Waals surface area (Å²) in [4.78, 5) is 24.9. The van der Waals surface area contributed by atoms with Crippen LogP contribution in [0.2, 0.25) is 5.02 Å². The molecule has 162 valence electrons. The van der Waals surface area contributed by atoms with Gasteiger partial charge in [0, 0.05) is 12.1 Å². The number of carbonyl (C=O) groups excluding carboxylic acids is 2. The van der Waals surface area contributed by atoms with Crippen molar-refractivity contribution in [3.05, 3.63) is 70.5 Å². The fourth-order valence-corrected chi connectivity index (χ4v) is 4.03. The van der Waals surface area contributed by atoms with E-state index < -0.39 is 0 Å². The van der Waals surface area contributed by atoms with Crippen molar-refractivity contribution in [3.63, 3.8) is 0 Å². The molecule has 3 aromatic rings. The second kappa shape index (κ2) is 10.5. The Morgan fingerprint density at radius 2 is 1.94 bits per heavy atom. The molecular weight excluding hydrogens is 434 g/mol. The van der Waals surface area contributed by atoms with E-state index in [1.807, 2.05) is 43.5 Å². The van der Waals surface area contributed by atoms with Gasteiger partial charge in [0.15, 0.2) is 11.0 Å². The Kier molecular flexibility index (Phi) is 7.70. The van der Waals surface area contributed by atoms with Gasteiger partial charge in [-0.05, 0) is 45.0 Å². The molecule has 0 bridgehead atoms. The summed E-state index contributed by atoms with van der Waals surface area (Å²) in [5.41, 5.74) is 2.19. The van der Waals surface area contributed by atoms with Gasteiger partial charge in [-0.1, -0.05) is 53.2 Å². The Hall–Kier alpha value is -2.84. The van der Waals surface area contributed by atoms with Crippen LogP contribution in [0.25, 0.3) is 0 Å². The fraction of sp³-hybridized carbons (Fsp3) is 0.273. The summed E-state index contributed by atoms with van der Waals surface area (Å²) in [5, 5.41) is 15.3. The van der Waals surface area contributed by atoms with Crippen LogP contribution in [0.15, 0.2) is 53.7 Å². The summed E-state index contributed by atoms with van der Waals surface area (Å²) >= 11 is 7.37. The van der Waals surface area contributed by atoms with Gasteiger partial charge < -0.3 is 15.2 Å². The quantitative estimate of drug-likeness (QED) is 0.487. The normalized spacial score (nSPS) is 11.7. The number of aryl methyl sites for hydroxylation is 1. The van der Waals surface area contributed by atoms with Crippen LogP contribution in [0, 0.1) is 6.92 Å². The van der Waals surface area contributed by atoms with Crippen LogP contribution in [0.1, 0.15) is 41.6 Å². The van der Waals surface area contributed by atoms with Crippen LogP contribution in [0.4, 0.5) is 5.69 Å². The summed E-state index contributed by atoms with van der Waals surface area (Å²) in [6.45, 7) is 6.39. The van der Waals surface area contributed by atoms with Gasteiger partial charge in [-0.2, -0.15) is 0 Å². The van der Waals surface area contributed by atoms with Crippen LogP contribution < -0.4 is 10.6 Å². The van der Waals surface area contributed by atoms with E-state index in [1.165, 1.54) is 11.8 Å². The second-order valence-corrected chi connectivity index (χ2v) is 8.32. The molecule has 0 aliphatic rings. The number of nitrogens with one attached hydrogen (secondary N) is 2. The largest absolute Gasteiger partial charge is 0.342 e. The lowest BCUT2D eigenvalue weighted by Crippen LogP contribution is -2.28. The highest BCUT2D eigenvalue weighted by molar-refractivity contribution is 7.99. The van der Waals surface area contributed by atoms with Crippen molar-refractivity contribution in [1.29, 1.82) is 0 Å². The van der Waals surface area contributed by atoms with Gasteiger partial charge in [0.25, 0.3) is 5.91 Å². The van der Waals surface area contributed by atoms with Crippen LogP contribution >= 0.6 is 23.4 Å². The first-order valence-corrected chi connectivity index (χ1v) is 11.2. The van der Waals surface area contributed by atoms with Gasteiger partial charge in [-0.3, -0.25) is 9.59 Å². The minimum Gasteiger partial charge on any atom is -0.342 e. The van der Waals surface area contributed by atoms with Gasteiger partial charge >= 0.3 is 0 Å². The molecule has 7 nitrogen and oxygen atoms in total. The van der Waals surface area contributed by atoms with E-state index in [1.54, 1.807) is 30.3 Å². The minimum atomic E-state index is -0.341. The maximum atomic E-state index is 12.6. The molecule has 2 N–H and O–H groups in total. The zero-order valence-electron chi connectivity index (χ0n) is 17.6. The highest BCUT2D eigenvalue weighted by Crippen LogP contribution is 2.23. The predicted molar refractivity (Wildman–Crippen MR) is 124 cm³/mol. The lowest BCUT2D eigenvalue weighted by atomic mass is 10.1. The molecule has 0 fully saturated rings. The van der Waals surface area contributed by atoms with E-state index in [4.69, 9.17) is 11.6 Å². The number of halogens is 1. The summed E-state index contributed by atoms with van der Waals surface area (Å²) < 4.78 is 1.90. The van der Waals surface area contributed by atoms with Gasteiger partial charge in [-0.25, -0.2) is 0 Å². The fourth-order valence-electron chi connectivity index (χ4n) is 3.03. The molecule has 2 aromatic carbocycles. The minimum absolute atomic E-state index is 0.160. The van der Waals surface area contributed by atoms with Crippen molar-refractivity contribution in [3.8, 4) is 0 Å². The summed E-state index contributed by atoms with van der Waals surface area (Å²) in [5.74, 6) is 0.437. The van der Waals surface area contributed by atoms with E-state index in [0.29, 0.717) is 33.8 Å². The number of carbonyl (C=O) groups is 2. The number of para-hydroxylation sites is 1. The topological polar surface area (TPSA) is 88.9 Å². The number of benzene rings is 2. The Morgan fingerprint density at radius 1 is 1.16 bits per heavy atom. The van der Waals surface area contributed by atoms with Gasteiger partial charge in [-0.15, -0.1) is 10.2 Å². The Labute approximate surface area is 190 Å². The molecule has 0 radical (unpaired) electrons. The molecule has 0 unspecified atom stereocenters. The lowest BCUT2D eigenvalue weighted by molar-refractivity contribution is -0.113. The maximum absolute atomic E-state index is 12.6. The third-order valence-corrected chi connectivity index (χ3v) is 5.85. The highest BCUT2D eigenvalue weighted by atomic mass is 35.5. The van der Waals surface area contributed by atoms with Gasteiger partial charge in [0.05, 0.1) is 22.5 Å². The number of aromatic nitrogens is 3. The van der Waals surface area contributed by atoms with E-state index in [9.17, 15) is 9.59 Å². The van der Waals surface area contributed by atoms with Gasteiger partial charge in [0.1, 0.15) is 0 Å². The van der Waals surface area contributed by atoms with Crippen molar-refractivity contribution < 1.29 is 9.59 Å². The summed E-state index contributed by atoms with van der Waals surface area (Å²) in [6, 6.07) is 14.1. The van der Waals surface area contributed by atoms with E-state index in [-0.39, 0.29) is 23.6 Å². The average molecular weight is 458 g/mol. The van der Waals surface area contributed by atoms with Crippen molar-refractivity contribution in [2.24, 2.45) is 0 Å². The molecule has 0 saturated heterocycles. The van der Waals surface area contributed by atoms with E-state index in [2.05, 4.69) is 20.8 Å². The maximum Gasteiger partial charge on any atom is 0.251 e. The molecule has 1 heterocycles. The van der Waals surface area contributed by atoms with Crippen molar-refractivity contribution in [2.45, 2.75) is 38.5 Å². The summed E-state index contributed by atoms with van der Waals surface area (Å²) in [6.07, 6.45) is 0. The highest BCUT2D eigenvalue weighted by Gasteiger charge is 2.20. The molecule has 0 spiro atoms. The SMILES string of the molecule is CCn1c(SCC(=O)Nc2ccccc2Cl)nnc1[C@H](C)NC(=O)c1cccc(C)c1. The van der Waals surface area contributed by atoms with Crippen molar-refractivity contribution in [1.82, 2.24) is 20.1 Å². The number of amides is 2. The zero-order chi connectivity index (χ0) is 22.4. The first-order valence-electron chi connectivity index (χ1n) is 9.86. The van der Waals surface area contributed by atoms with Crippen LogP contribution in [-0.4, -0.2) is 32.3 Å². The monoisotopic (exact) mass is 457 g/mol. The zero-order valence-corrected chi connectivity index (χ0v) is 19.1. The van der Waals surface area contributed by atoms with Crippen molar-refractivity contribution in [2.75, 3.05) is 11.1 Å². The van der Waals surface area contributed by atoms with Crippen LogP contribution in [0.5, 0.6) is 0 Å². The third-order valence-electron chi connectivity index (χ3n) is 4.56. The number of hydrogen-bond donors (Lipinski definition) is 2. The van der Waals surface area contributed by atoms with Crippen LogP contribution in [-0.2, 0) is 11.3 Å². The molecule has 3 rings (SSSR count). The third kappa shape index (κ3) is 5.86. The Morgan fingerprint density at radius 3 is 2.65 bits per heavy atom. The summed E-state index contributed by atoms with van der Waals surface area (Å²) in [7, 11) is 0. The smallest absolute Gasteiger partial charge is 0.251 e. The molecule has 0 saturated carbocycles.